The largest absolute Gasteiger partial charge is 0.469 e. The Hall–Kier alpha value is -1.36. The second-order valence-electron chi connectivity index (χ2n) is 3.69. The normalized spacial score (nSPS) is 13.1. The Morgan fingerprint density at radius 1 is 1.35 bits per heavy atom. The van der Waals surface area contributed by atoms with Gasteiger partial charge in [-0.3, -0.25) is 4.79 Å². The number of carbonyl (C=O) groups is 1. The third kappa shape index (κ3) is 2.85. The van der Waals surface area contributed by atoms with Gasteiger partial charge in [0.25, 0.3) is 0 Å². The second-order valence-corrected chi connectivity index (χ2v) is 5.93. The molecule has 1 aromatic rings. The van der Waals surface area contributed by atoms with Gasteiger partial charge >= 0.3 is 5.97 Å². The molecule has 0 aliphatic carbocycles. The molecule has 1 unspecified atom stereocenters. The molecule has 1 atom stereocenters. The molecule has 94 valence electrons. The van der Waals surface area contributed by atoms with Gasteiger partial charge in [-0.1, -0.05) is 25.1 Å². The van der Waals surface area contributed by atoms with Gasteiger partial charge in [0.15, 0.2) is 9.84 Å². The van der Waals surface area contributed by atoms with Gasteiger partial charge < -0.3 is 4.74 Å². The van der Waals surface area contributed by atoms with E-state index in [0.717, 1.165) is 0 Å². The Labute approximate surface area is 102 Å². The van der Waals surface area contributed by atoms with Crippen molar-refractivity contribution >= 4 is 15.8 Å². The van der Waals surface area contributed by atoms with Crippen LogP contribution in [0.25, 0.3) is 0 Å². The van der Waals surface area contributed by atoms with Gasteiger partial charge in [-0.15, -0.1) is 0 Å². The molecule has 0 bridgehead atoms. The van der Waals surface area contributed by atoms with Gasteiger partial charge in [-0.25, -0.2) is 8.42 Å². The van der Waals surface area contributed by atoms with E-state index < -0.39 is 21.7 Å². The maximum Gasteiger partial charge on any atom is 0.312 e. The van der Waals surface area contributed by atoms with Crippen molar-refractivity contribution in [3.63, 3.8) is 0 Å². The lowest BCUT2D eigenvalue weighted by molar-refractivity contribution is -0.142. The zero-order valence-electron chi connectivity index (χ0n) is 10.1. The van der Waals surface area contributed by atoms with E-state index in [9.17, 15) is 13.2 Å². The van der Waals surface area contributed by atoms with Crippen molar-refractivity contribution in [1.82, 2.24) is 0 Å². The average molecular weight is 256 g/mol. The molecule has 0 saturated heterocycles. The predicted octanol–water partition coefficient (Wildman–Crippen LogP) is 1.76. The summed E-state index contributed by atoms with van der Waals surface area (Å²) in [4.78, 5) is 11.7. The summed E-state index contributed by atoms with van der Waals surface area (Å²) in [6, 6.07) is 6.53. The zero-order chi connectivity index (χ0) is 13.1. The Morgan fingerprint density at radius 3 is 2.47 bits per heavy atom. The van der Waals surface area contributed by atoms with E-state index in [4.69, 9.17) is 0 Å². The molecule has 0 fully saturated rings. The molecule has 4 nitrogen and oxygen atoms in total. The van der Waals surface area contributed by atoms with Crippen LogP contribution in [0, 0.1) is 0 Å². The van der Waals surface area contributed by atoms with Crippen molar-refractivity contribution in [2.45, 2.75) is 24.7 Å². The first-order valence-electron chi connectivity index (χ1n) is 5.33. The number of ether oxygens (including phenoxy) is 1. The highest BCUT2D eigenvalue weighted by atomic mass is 32.2. The van der Waals surface area contributed by atoms with Crippen LogP contribution >= 0.6 is 0 Å². The molecule has 17 heavy (non-hydrogen) atoms. The van der Waals surface area contributed by atoms with Gasteiger partial charge in [0.1, 0.15) is 0 Å². The highest BCUT2D eigenvalue weighted by Gasteiger charge is 2.24. The average Bonchev–Trinajstić information content (AvgIpc) is 2.36. The molecule has 0 aromatic heterocycles. The Bertz CT molecular complexity index is 505. The van der Waals surface area contributed by atoms with Crippen LogP contribution in [0.4, 0.5) is 0 Å². The zero-order valence-corrected chi connectivity index (χ0v) is 11.0. The fraction of sp³-hybridized carbons (Fsp3) is 0.417. The van der Waals surface area contributed by atoms with Crippen molar-refractivity contribution in [2.24, 2.45) is 0 Å². The fourth-order valence-corrected chi connectivity index (χ4v) is 2.78. The third-order valence-corrected chi connectivity index (χ3v) is 4.46. The summed E-state index contributed by atoms with van der Waals surface area (Å²) in [5.41, 5.74) is 0.487. The summed E-state index contributed by atoms with van der Waals surface area (Å²) < 4.78 is 28.4. The Balaban J connectivity index is 3.31. The monoisotopic (exact) mass is 256 g/mol. The maximum absolute atomic E-state index is 11.9. The smallest absolute Gasteiger partial charge is 0.312 e. The number of esters is 1. The summed E-state index contributed by atoms with van der Waals surface area (Å²) in [6.07, 6.45) is 0. The molecule has 0 heterocycles. The molecule has 0 saturated carbocycles. The predicted molar refractivity (Wildman–Crippen MR) is 64.6 cm³/mol. The van der Waals surface area contributed by atoms with E-state index in [0.29, 0.717) is 5.56 Å². The first kappa shape index (κ1) is 13.7. The van der Waals surface area contributed by atoms with E-state index in [1.165, 1.54) is 13.2 Å². The lowest BCUT2D eigenvalue weighted by atomic mass is 10.0. The molecule has 1 rings (SSSR count). The number of benzene rings is 1. The second kappa shape index (κ2) is 5.31. The summed E-state index contributed by atoms with van der Waals surface area (Å²) in [6.45, 7) is 3.21. The quantitative estimate of drug-likeness (QED) is 0.770. The van der Waals surface area contributed by atoms with E-state index in [-0.39, 0.29) is 10.6 Å². The van der Waals surface area contributed by atoms with E-state index in [2.05, 4.69) is 4.74 Å². The first-order valence-corrected chi connectivity index (χ1v) is 6.98. The molecule has 0 aliphatic heterocycles. The SMILES string of the molecule is CCS(=O)(=O)c1ccccc1C(C)C(=O)OC. The van der Waals surface area contributed by atoms with Crippen LogP contribution in [0.3, 0.4) is 0 Å². The van der Waals surface area contributed by atoms with Gasteiger partial charge in [0, 0.05) is 0 Å². The minimum Gasteiger partial charge on any atom is -0.469 e. The van der Waals surface area contributed by atoms with Crippen molar-refractivity contribution in [3.8, 4) is 0 Å². The molecular weight excluding hydrogens is 240 g/mol. The minimum atomic E-state index is -3.32. The van der Waals surface area contributed by atoms with Crippen LogP contribution in [0.15, 0.2) is 29.2 Å². The van der Waals surface area contributed by atoms with E-state index in [1.807, 2.05) is 0 Å². The molecule has 0 aliphatic rings. The molecule has 0 spiro atoms. The first-order chi connectivity index (χ1) is 7.94. The molecule has 0 amide bonds. The van der Waals surface area contributed by atoms with Crippen LogP contribution in [0.5, 0.6) is 0 Å². The number of sulfone groups is 1. The lowest BCUT2D eigenvalue weighted by Crippen LogP contribution is -2.15. The highest BCUT2D eigenvalue weighted by molar-refractivity contribution is 7.91. The van der Waals surface area contributed by atoms with Crippen molar-refractivity contribution in [3.05, 3.63) is 29.8 Å². The standard InChI is InChI=1S/C12H16O4S/c1-4-17(14,15)11-8-6-5-7-10(11)9(2)12(13)16-3/h5-9H,4H2,1-3H3. The molecular formula is C12H16O4S. The van der Waals surface area contributed by atoms with Crippen LogP contribution < -0.4 is 0 Å². The maximum atomic E-state index is 11.9. The van der Waals surface area contributed by atoms with E-state index >= 15 is 0 Å². The summed E-state index contributed by atoms with van der Waals surface area (Å²) in [5.74, 6) is -1.01. The number of hydrogen-bond acceptors (Lipinski definition) is 4. The van der Waals surface area contributed by atoms with Gasteiger partial charge in [0.2, 0.25) is 0 Å². The fourth-order valence-electron chi connectivity index (χ4n) is 1.58. The van der Waals surface area contributed by atoms with Gasteiger partial charge in [-0.2, -0.15) is 0 Å². The van der Waals surface area contributed by atoms with Crippen LogP contribution in [0.1, 0.15) is 25.3 Å². The van der Waals surface area contributed by atoms with E-state index in [1.54, 1.807) is 32.0 Å². The number of hydrogen-bond donors (Lipinski definition) is 0. The van der Waals surface area contributed by atoms with Crippen molar-refractivity contribution in [2.75, 3.05) is 12.9 Å². The van der Waals surface area contributed by atoms with Gasteiger partial charge in [0.05, 0.1) is 23.7 Å². The third-order valence-electron chi connectivity index (χ3n) is 2.66. The van der Waals surface area contributed by atoms with Crippen molar-refractivity contribution in [1.29, 1.82) is 0 Å². The number of carbonyl (C=O) groups excluding carboxylic acids is 1. The molecule has 0 N–H and O–H groups in total. The van der Waals surface area contributed by atoms with Crippen LogP contribution in [-0.2, 0) is 19.4 Å². The topological polar surface area (TPSA) is 60.4 Å². The number of methoxy groups -OCH3 is 1. The summed E-state index contributed by atoms with van der Waals surface area (Å²) >= 11 is 0. The Morgan fingerprint density at radius 2 is 1.94 bits per heavy atom. The molecule has 0 radical (unpaired) electrons. The van der Waals surface area contributed by atoms with Crippen molar-refractivity contribution < 1.29 is 17.9 Å². The summed E-state index contributed by atoms with van der Waals surface area (Å²) in [5, 5.41) is 0. The minimum absolute atomic E-state index is 0.0118. The Kier molecular flexibility index (Phi) is 4.28. The lowest BCUT2D eigenvalue weighted by Gasteiger charge is -2.14. The van der Waals surface area contributed by atoms with Crippen LogP contribution in [-0.4, -0.2) is 27.2 Å². The molecule has 1 aromatic carbocycles. The van der Waals surface area contributed by atoms with Crippen LogP contribution in [0.2, 0.25) is 0 Å². The summed E-state index contributed by atoms with van der Waals surface area (Å²) in [7, 11) is -2.04. The van der Waals surface area contributed by atoms with Gasteiger partial charge in [-0.05, 0) is 18.6 Å². The highest BCUT2D eigenvalue weighted by Crippen LogP contribution is 2.25. The number of rotatable bonds is 4. The molecule has 5 heteroatoms.